The summed E-state index contributed by atoms with van der Waals surface area (Å²) in [7, 11) is 1.44. The van der Waals surface area contributed by atoms with Gasteiger partial charge in [-0.3, -0.25) is 19.7 Å². The first-order chi connectivity index (χ1) is 15.0. The number of methoxy groups -OCH3 is 1. The highest BCUT2D eigenvalue weighted by molar-refractivity contribution is 6.21. The van der Waals surface area contributed by atoms with Crippen molar-refractivity contribution < 1.29 is 24.0 Å². The lowest BCUT2D eigenvalue weighted by molar-refractivity contribution is -0.385. The number of fused-ring (bicyclic) bond motifs is 1. The van der Waals surface area contributed by atoms with E-state index in [2.05, 4.69) is 10.1 Å². The number of hydrogen-bond acceptors (Lipinski definition) is 8. The van der Waals surface area contributed by atoms with Gasteiger partial charge in [-0.15, -0.1) is 0 Å². The minimum atomic E-state index is -0.556. The summed E-state index contributed by atoms with van der Waals surface area (Å²) in [5.41, 5.74) is 1.01. The average molecular weight is 418 g/mol. The van der Waals surface area contributed by atoms with E-state index >= 15 is 0 Å². The molecular formula is C21H14N4O6. The molecule has 0 aliphatic carbocycles. The van der Waals surface area contributed by atoms with Gasteiger partial charge in [0.2, 0.25) is 5.88 Å². The third-order valence-electron chi connectivity index (χ3n) is 4.43. The predicted octanol–water partition coefficient (Wildman–Crippen LogP) is 3.42. The van der Waals surface area contributed by atoms with Crippen molar-refractivity contribution in [3.63, 3.8) is 0 Å². The highest BCUT2D eigenvalue weighted by Crippen LogP contribution is 2.32. The van der Waals surface area contributed by atoms with Crippen LogP contribution in [-0.2, 0) is 0 Å². The van der Waals surface area contributed by atoms with E-state index in [0.717, 1.165) is 11.2 Å². The molecule has 0 atom stereocenters. The molecule has 154 valence electrons. The Balaban J connectivity index is 1.53. The summed E-state index contributed by atoms with van der Waals surface area (Å²) >= 11 is 0. The number of imide groups is 1. The minimum absolute atomic E-state index is 0.149. The summed E-state index contributed by atoms with van der Waals surface area (Å²) in [5, 5.41) is 15.5. The maximum absolute atomic E-state index is 12.4. The molecule has 0 N–H and O–H groups in total. The molecule has 10 heteroatoms. The lowest BCUT2D eigenvalue weighted by Crippen LogP contribution is -2.23. The molecule has 2 heterocycles. The normalized spacial score (nSPS) is 12.9. The van der Waals surface area contributed by atoms with Gasteiger partial charge in [-0.05, 0) is 35.9 Å². The number of pyridine rings is 1. The molecule has 3 aromatic rings. The average Bonchev–Trinajstić information content (AvgIpc) is 3.03. The zero-order chi connectivity index (χ0) is 22.0. The molecule has 0 unspecified atom stereocenters. The lowest BCUT2D eigenvalue weighted by atomic mass is 10.1. The number of aromatic nitrogens is 1. The Kier molecular flexibility index (Phi) is 5.10. The number of ether oxygens (including phenoxy) is 2. The van der Waals surface area contributed by atoms with Crippen molar-refractivity contribution in [1.82, 2.24) is 9.99 Å². The fourth-order valence-electron chi connectivity index (χ4n) is 2.91. The van der Waals surface area contributed by atoms with Gasteiger partial charge in [-0.25, -0.2) is 4.98 Å². The fourth-order valence-corrected chi connectivity index (χ4v) is 2.91. The molecule has 0 radical (unpaired) electrons. The SMILES string of the molecule is COc1cc(/C=N/N2C(=O)c3ccccc3C2=O)ccc1Oc1ccc([N+](=O)[O-])cn1. The van der Waals surface area contributed by atoms with E-state index in [9.17, 15) is 19.7 Å². The quantitative estimate of drug-likeness (QED) is 0.260. The Labute approximate surface area is 175 Å². The van der Waals surface area contributed by atoms with Gasteiger partial charge in [0.1, 0.15) is 6.20 Å². The first-order valence-corrected chi connectivity index (χ1v) is 8.96. The van der Waals surface area contributed by atoms with Gasteiger partial charge in [0.15, 0.2) is 11.5 Å². The topological polar surface area (TPSA) is 124 Å². The Hall–Kier alpha value is -4.60. The van der Waals surface area contributed by atoms with E-state index in [1.54, 1.807) is 42.5 Å². The minimum Gasteiger partial charge on any atom is -0.493 e. The second-order valence-electron chi connectivity index (χ2n) is 6.34. The van der Waals surface area contributed by atoms with Gasteiger partial charge in [0.25, 0.3) is 17.5 Å². The summed E-state index contributed by atoms with van der Waals surface area (Å²) in [6.45, 7) is 0. The molecule has 0 saturated carbocycles. The third kappa shape index (κ3) is 3.81. The summed E-state index contributed by atoms with van der Waals surface area (Å²) in [5.74, 6) is -0.175. The molecule has 1 aliphatic heterocycles. The Morgan fingerprint density at radius 1 is 1.03 bits per heavy atom. The van der Waals surface area contributed by atoms with Crippen molar-refractivity contribution in [2.75, 3.05) is 7.11 Å². The monoisotopic (exact) mass is 418 g/mol. The number of nitrogens with zero attached hydrogens (tertiary/aromatic N) is 4. The fraction of sp³-hybridized carbons (Fsp3) is 0.0476. The third-order valence-corrected chi connectivity index (χ3v) is 4.43. The predicted molar refractivity (Wildman–Crippen MR) is 108 cm³/mol. The Morgan fingerprint density at radius 3 is 2.32 bits per heavy atom. The summed E-state index contributed by atoms with van der Waals surface area (Å²) in [4.78, 5) is 38.8. The molecule has 0 bridgehead atoms. The molecule has 2 amide bonds. The van der Waals surface area contributed by atoms with Crippen LogP contribution in [0.1, 0.15) is 26.3 Å². The van der Waals surface area contributed by atoms with Crippen LogP contribution in [0.2, 0.25) is 0 Å². The first-order valence-electron chi connectivity index (χ1n) is 8.96. The number of carbonyl (C=O) groups excluding carboxylic acids is 2. The van der Waals surface area contributed by atoms with Crippen molar-refractivity contribution in [2.24, 2.45) is 5.10 Å². The molecule has 0 fully saturated rings. The molecule has 0 saturated heterocycles. The largest absolute Gasteiger partial charge is 0.493 e. The first kappa shape index (κ1) is 19.7. The van der Waals surface area contributed by atoms with E-state index in [-0.39, 0.29) is 11.6 Å². The molecule has 10 nitrogen and oxygen atoms in total. The van der Waals surface area contributed by atoms with Crippen molar-refractivity contribution in [2.45, 2.75) is 0 Å². The molecule has 2 aromatic carbocycles. The van der Waals surface area contributed by atoms with Crippen molar-refractivity contribution in [1.29, 1.82) is 0 Å². The Bertz CT molecular complexity index is 1190. The van der Waals surface area contributed by atoms with Crippen LogP contribution >= 0.6 is 0 Å². The molecule has 31 heavy (non-hydrogen) atoms. The second kappa shape index (κ2) is 8.03. The van der Waals surface area contributed by atoms with E-state index in [0.29, 0.717) is 28.2 Å². The van der Waals surface area contributed by atoms with Crippen LogP contribution in [0, 0.1) is 10.1 Å². The zero-order valence-electron chi connectivity index (χ0n) is 16.1. The van der Waals surface area contributed by atoms with E-state index in [1.807, 2.05) is 0 Å². The standard InChI is InChI=1S/C21H14N4O6/c1-30-18-10-13(6-8-17(18)31-19-9-7-14(12-22-19)25(28)29)11-23-24-20(26)15-4-2-3-5-16(15)21(24)27/h2-12H,1H3/b23-11+. The van der Waals surface area contributed by atoms with Gasteiger partial charge < -0.3 is 9.47 Å². The Morgan fingerprint density at radius 2 is 1.74 bits per heavy atom. The van der Waals surface area contributed by atoms with E-state index in [1.165, 1.54) is 25.5 Å². The summed E-state index contributed by atoms with van der Waals surface area (Å²) < 4.78 is 10.9. The van der Waals surface area contributed by atoms with Crippen LogP contribution in [0.5, 0.6) is 17.4 Å². The molecule has 0 spiro atoms. The number of carbonyl (C=O) groups is 2. The molecule has 4 rings (SSSR count). The van der Waals surface area contributed by atoms with Crippen LogP contribution in [0.15, 0.2) is 65.9 Å². The highest BCUT2D eigenvalue weighted by Gasteiger charge is 2.35. The number of nitro groups is 1. The van der Waals surface area contributed by atoms with Crippen LogP contribution in [0.25, 0.3) is 0 Å². The number of hydrazone groups is 1. The summed E-state index contributed by atoms with van der Waals surface area (Å²) in [6, 6.07) is 14.0. The number of rotatable bonds is 6. The highest BCUT2D eigenvalue weighted by atomic mass is 16.6. The van der Waals surface area contributed by atoms with Gasteiger partial charge in [0.05, 0.1) is 29.4 Å². The van der Waals surface area contributed by atoms with Gasteiger partial charge in [0, 0.05) is 12.1 Å². The maximum Gasteiger partial charge on any atom is 0.287 e. The van der Waals surface area contributed by atoms with Crippen LogP contribution in [0.3, 0.4) is 0 Å². The molecular weight excluding hydrogens is 404 g/mol. The molecule has 1 aliphatic rings. The maximum atomic E-state index is 12.4. The van der Waals surface area contributed by atoms with Crippen molar-refractivity contribution in [3.8, 4) is 17.4 Å². The molecule has 1 aromatic heterocycles. The van der Waals surface area contributed by atoms with Crippen LogP contribution in [-0.4, -0.2) is 40.1 Å². The smallest absolute Gasteiger partial charge is 0.287 e. The van der Waals surface area contributed by atoms with Gasteiger partial charge in [-0.1, -0.05) is 12.1 Å². The number of hydrogen-bond donors (Lipinski definition) is 0. The van der Waals surface area contributed by atoms with Crippen LogP contribution < -0.4 is 9.47 Å². The summed E-state index contributed by atoms with van der Waals surface area (Å²) in [6.07, 6.45) is 2.45. The number of amides is 2. The lowest BCUT2D eigenvalue weighted by Gasteiger charge is -2.10. The zero-order valence-corrected chi connectivity index (χ0v) is 16.1. The number of benzene rings is 2. The van der Waals surface area contributed by atoms with Gasteiger partial charge in [-0.2, -0.15) is 10.1 Å². The van der Waals surface area contributed by atoms with E-state index in [4.69, 9.17) is 9.47 Å². The van der Waals surface area contributed by atoms with Gasteiger partial charge >= 0.3 is 0 Å². The second-order valence-corrected chi connectivity index (χ2v) is 6.34. The van der Waals surface area contributed by atoms with Crippen molar-refractivity contribution >= 4 is 23.7 Å². The van der Waals surface area contributed by atoms with Crippen molar-refractivity contribution in [3.05, 3.63) is 87.6 Å². The van der Waals surface area contributed by atoms with Crippen LogP contribution in [0.4, 0.5) is 5.69 Å². The van der Waals surface area contributed by atoms with E-state index < -0.39 is 16.7 Å².